The van der Waals surface area contributed by atoms with Gasteiger partial charge in [-0.2, -0.15) is 0 Å². The Kier molecular flexibility index (Phi) is 7.59. The fourth-order valence-corrected chi connectivity index (χ4v) is 2.31. The third-order valence-corrected chi connectivity index (χ3v) is 4.03. The Morgan fingerprint density at radius 2 is 1.73 bits per heavy atom. The van der Waals surface area contributed by atoms with E-state index in [9.17, 15) is 9.59 Å². The van der Waals surface area contributed by atoms with Crippen LogP contribution in [-0.2, 0) is 9.47 Å². The van der Waals surface area contributed by atoms with Crippen LogP contribution in [0.15, 0.2) is 16.6 Å². The van der Waals surface area contributed by atoms with E-state index < -0.39 is 11.9 Å². The summed E-state index contributed by atoms with van der Waals surface area (Å²) in [5.41, 5.74) is 1.35. The number of aryl methyl sites for hydroxylation is 1. The molecule has 0 N–H and O–H groups in total. The van der Waals surface area contributed by atoms with Gasteiger partial charge in [-0.15, -0.1) is 0 Å². The number of carbonyl (C=O) groups is 2. The highest BCUT2D eigenvalue weighted by Gasteiger charge is 2.21. The fourth-order valence-electron chi connectivity index (χ4n) is 1.96. The van der Waals surface area contributed by atoms with Crippen LogP contribution in [0.25, 0.3) is 0 Å². The first-order chi connectivity index (χ1) is 10.4. The lowest BCUT2D eigenvalue weighted by Gasteiger charge is -2.12. The maximum Gasteiger partial charge on any atom is 0.339 e. The van der Waals surface area contributed by atoms with Crippen LogP contribution >= 0.6 is 15.9 Å². The molecule has 0 aliphatic carbocycles. The van der Waals surface area contributed by atoms with E-state index in [2.05, 4.69) is 29.8 Å². The molecule has 0 bridgehead atoms. The lowest BCUT2D eigenvalue weighted by molar-refractivity contribution is 0.0460. The van der Waals surface area contributed by atoms with Crippen molar-refractivity contribution in [2.24, 2.45) is 5.92 Å². The van der Waals surface area contributed by atoms with Crippen LogP contribution in [0.3, 0.4) is 0 Å². The highest BCUT2D eigenvalue weighted by molar-refractivity contribution is 9.10. The maximum atomic E-state index is 12.2. The summed E-state index contributed by atoms with van der Waals surface area (Å²) in [7, 11) is 0. The molecule has 0 heterocycles. The highest BCUT2D eigenvalue weighted by atomic mass is 79.9. The van der Waals surface area contributed by atoms with E-state index in [1.54, 1.807) is 19.1 Å². The molecule has 0 atom stereocenters. The lowest BCUT2D eigenvalue weighted by atomic mass is 10.0. The Labute approximate surface area is 140 Å². The zero-order valence-electron chi connectivity index (χ0n) is 13.6. The molecule has 0 aliphatic rings. The largest absolute Gasteiger partial charge is 0.462 e. The molecule has 0 aromatic heterocycles. The van der Waals surface area contributed by atoms with Gasteiger partial charge in [0.15, 0.2) is 0 Å². The highest BCUT2D eigenvalue weighted by Crippen LogP contribution is 2.23. The summed E-state index contributed by atoms with van der Waals surface area (Å²) in [6.07, 6.45) is 1.81. The predicted octanol–water partition coefficient (Wildman–Crippen LogP) is 4.53. The van der Waals surface area contributed by atoms with Gasteiger partial charge in [-0.25, -0.2) is 9.59 Å². The normalized spacial score (nSPS) is 10.6. The quantitative estimate of drug-likeness (QED) is 0.522. The Balaban J connectivity index is 2.89. The molecule has 0 aliphatic heterocycles. The molecule has 22 heavy (non-hydrogen) atoms. The standard InChI is InChI=1S/C17H23BrO4/c1-5-21-16(19)14-10-15(18)12(4)9-13(14)17(20)22-8-6-7-11(2)3/h9-11H,5-8H2,1-4H3. The first kappa shape index (κ1) is 18.7. The van der Waals surface area contributed by atoms with Gasteiger partial charge < -0.3 is 9.47 Å². The second-order valence-electron chi connectivity index (χ2n) is 5.54. The van der Waals surface area contributed by atoms with Gasteiger partial charge in [0.05, 0.1) is 24.3 Å². The Morgan fingerprint density at radius 1 is 1.14 bits per heavy atom. The van der Waals surface area contributed by atoms with Crippen LogP contribution in [0.5, 0.6) is 0 Å². The van der Waals surface area contributed by atoms with Crippen LogP contribution in [-0.4, -0.2) is 25.2 Å². The monoisotopic (exact) mass is 370 g/mol. The maximum absolute atomic E-state index is 12.2. The molecular formula is C17H23BrO4. The number of hydrogen-bond donors (Lipinski definition) is 0. The summed E-state index contributed by atoms with van der Waals surface area (Å²) < 4.78 is 11.0. The summed E-state index contributed by atoms with van der Waals surface area (Å²) in [5, 5.41) is 0. The molecule has 0 saturated heterocycles. The molecule has 0 saturated carbocycles. The molecule has 1 rings (SSSR count). The van der Waals surface area contributed by atoms with Crippen LogP contribution in [0.4, 0.5) is 0 Å². The number of carbonyl (C=O) groups excluding carboxylic acids is 2. The first-order valence-electron chi connectivity index (χ1n) is 7.51. The number of rotatable bonds is 7. The molecule has 1 aromatic carbocycles. The molecule has 0 amide bonds. The van der Waals surface area contributed by atoms with Crippen LogP contribution in [0, 0.1) is 12.8 Å². The zero-order valence-corrected chi connectivity index (χ0v) is 15.2. The van der Waals surface area contributed by atoms with E-state index in [0.29, 0.717) is 12.5 Å². The lowest BCUT2D eigenvalue weighted by Crippen LogP contribution is -2.15. The molecule has 122 valence electrons. The Morgan fingerprint density at radius 3 is 2.32 bits per heavy atom. The minimum Gasteiger partial charge on any atom is -0.462 e. The third-order valence-electron chi connectivity index (χ3n) is 3.17. The van der Waals surface area contributed by atoms with Crippen LogP contribution < -0.4 is 0 Å². The van der Waals surface area contributed by atoms with Crippen LogP contribution in [0.2, 0.25) is 0 Å². The van der Waals surface area contributed by atoms with Gasteiger partial charge in [0.1, 0.15) is 0 Å². The van der Waals surface area contributed by atoms with Crippen molar-refractivity contribution >= 4 is 27.9 Å². The van der Waals surface area contributed by atoms with Gasteiger partial charge in [-0.3, -0.25) is 0 Å². The second-order valence-corrected chi connectivity index (χ2v) is 6.39. The average Bonchev–Trinajstić information content (AvgIpc) is 2.45. The first-order valence-corrected chi connectivity index (χ1v) is 8.30. The number of hydrogen-bond acceptors (Lipinski definition) is 4. The Bertz CT molecular complexity index is 538. The van der Waals surface area contributed by atoms with Crippen molar-refractivity contribution in [2.75, 3.05) is 13.2 Å². The van der Waals surface area contributed by atoms with E-state index in [-0.39, 0.29) is 17.7 Å². The van der Waals surface area contributed by atoms with Gasteiger partial charge in [0.25, 0.3) is 0 Å². The van der Waals surface area contributed by atoms with Crippen molar-refractivity contribution in [3.8, 4) is 0 Å². The van der Waals surface area contributed by atoms with Crippen LogP contribution in [0.1, 0.15) is 59.9 Å². The molecular weight excluding hydrogens is 348 g/mol. The van der Waals surface area contributed by atoms with E-state index in [0.717, 1.165) is 22.9 Å². The average molecular weight is 371 g/mol. The molecule has 5 heteroatoms. The van der Waals surface area contributed by atoms with Crippen molar-refractivity contribution in [3.63, 3.8) is 0 Å². The summed E-state index contributed by atoms with van der Waals surface area (Å²) in [6, 6.07) is 3.26. The van der Waals surface area contributed by atoms with Crippen molar-refractivity contribution in [1.29, 1.82) is 0 Å². The summed E-state index contributed by atoms with van der Waals surface area (Å²) in [6.45, 7) is 8.44. The molecule has 0 fully saturated rings. The number of ether oxygens (including phenoxy) is 2. The number of benzene rings is 1. The van der Waals surface area contributed by atoms with Crippen molar-refractivity contribution < 1.29 is 19.1 Å². The minimum absolute atomic E-state index is 0.230. The van der Waals surface area contributed by atoms with E-state index in [1.807, 2.05) is 6.92 Å². The fraction of sp³-hybridized carbons (Fsp3) is 0.529. The smallest absolute Gasteiger partial charge is 0.339 e. The molecule has 0 spiro atoms. The summed E-state index contributed by atoms with van der Waals surface area (Å²) in [5.74, 6) is -0.427. The molecule has 4 nitrogen and oxygen atoms in total. The predicted molar refractivity (Wildman–Crippen MR) is 89.2 cm³/mol. The molecule has 1 aromatic rings. The van der Waals surface area contributed by atoms with Crippen molar-refractivity contribution in [2.45, 2.75) is 40.5 Å². The summed E-state index contributed by atoms with van der Waals surface area (Å²) in [4.78, 5) is 24.2. The summed E-state index contributed by atoms with van der Waals surface area (Å²) >= 11 is 3.37. The van der Waals surface area contributed by atoms with E-state index in [1.165, 1.54) is 0 Å². The molecule has 0 radical (unpaired) electrons. The van der Waals surface area contributed by atoms with Gasteiger partial charge in [0, 0.05) is 4.47 Å². The Hall–Kier alpha value is -1.36. The molecule has 0 unspecified atom stereocenters. The van der Waals surface area contributed by atoms with Gasteiger partial charge in [-0.05, 0) is 50.3 Å². The topological polar surface area (TPSA) is 52.6 Å². The number of halogens is 1. The van der Waals surface area contributed by atoms with Gasteiger partial charge in [0.2, 0.25) is 0 Å². The second kappa shape index (κ2) is 8.93. The zero-order chi connectivity index (χ0) is 16.7. The number of esters is 2. The van der Waals surface area contributed by atoms with E-state index >= 15 is 0 Å². The minimum atomic E-state index is -0.516. The van der Waals surface area contributed by atoms with Gasteiger partial charge in [-0.1, -0.05) is 29.8 Å². The van der Waals surface area contributed by atoms with Crippen molar-refractivity contribution in [3.05, 3.63) is 33.3 Å². The SMILES string of the molecule is CCOC(=O)c1cc(Br)c(C)cc1C(=O)OCCCC(C)C. The van der Waals surface area contributed by atoms with Crippen molar-refractivity contribution in [1.82, 2.24) is 0 Å². The van der Waals surface area contributed by atoms with Gasteiger partial charge >= 0.3 is 11.9 Å². The van der Waals surface area contributed by atoms with E-state index in [4.69, 9.17) is 9.47 Å². The third kappa shape index (κ3) is 5.44.